The number of alkyl halides is 2. The molecule has 5 aliphatic rings. The van der Waals surface area contributed by atoms with Crippen LogP contribution in [0.4, 0.5) is 13.2 Å². The Bertz CT molecular complexity index is 1490. The van der Waals surface area contributed by atoms with Gasteiger partial charge in [0.2, 0.25) is 10.0 Å². The fourth-order valence-electron chi connectivity index (χ4n) is 6.76. The predicted octanol–water partition coefficient (Wildman–Crippen LogP) is 5.75. The third-order valence-corrected chi connectivity index (χ3v) is 11.3. The highest BCUT2D eigenvalue weighted by molar-refractivity contribution is 7.89. The van der Waals surface area contributed by atoms with Crippen molar-refractivity contribution in [2.24, 2.45) is 16.3 Å². The molecule has 2 bridgehead atoms. The minimum atomic E-state index is -3.92. The Balaban J connectivity index is 1.22. The highest BCUT2D eigenvalue weighted by Crippen LogP contribution is 2.71. The number of nitrogens with one attached hydrogen (secondary N) is 1. The van der Waals surface area contributed by atoms with Gasteiger partial charge in [0.15, 0.2) is 5.78 Å². The normalized spacial score (nSPS) is 31.1. The summed E-state index contributed by atoms with van der Waals surface area (Å²) in [5.41, 5.74) is -1.23. The Kier molecular flexibility index (Phi) is 6.26. The maximum atomic E-state index is 14.2. The number of sulfonamides is 1. The van der Waals surface area contributed by atoms with E-state index in [9.17, 15) is 26.4 Å². The molecular weight excluding hydrogens is 563 g/mol. The third-order valence-electron chi connectivity index (χ3n) is 9.06. The van der Waals surface area contributed by atoms with E-state index in [-0.39, 0.29) is 46.9 Å². The highest BCUT2D eigenvalue weighted by atomic mass is 35.5. The smallest absolute Gasteiger partial charge is 0.251 e. The summed E-state index contributed by atoms with van der Waals surface area (Å²) in [6.07, 6.45) is 1.61. The fraction of sp³-hybridized carbons (Fsp3) is 0.517. The lowest BCUT2D eigenvalue weighted by Crippen LogP contribution is -2.78. The zero-order valence-corrected chi connectivity index (χ0v) is 23.8. The molecule has 214 valence electrons. The van der Waals surface area contributed by atoms with Crippen LogP contribution < -0.4 is 5.32 Å². The number of nitrogens with zero attached hydrogens (tertiary/aromatic N) is 2. The van der Waals surface area contributed by atoms with Crippen LogP contribution >= 0.6 is 11.6 Å². The quantitative estimate of drug-likeness (QED) is 0.381. The van der Waals surface area contributed by atoms with Crippen molar-refractivity contribution in [1.29, 1.82) is 0 Å². The summed E-state index contributed by atoms with van der Waals surface area (Å²) in [4.78, 5) is 17.9. The van der Waals surface area contributed by atoms with Crippen LogP contribution in [0.5, 0.6) is 0 Å². The minimum Gasteiger partial charge on any atom is -0.366 e. The number of hydrogen-bond acceptors (Lipinski definition) is 5. The summed E-state index contributed by atoms with van der Waals surface area (Å²) >= 11 is 5.85. The molecule has 4 aliphatic carbocycles. The van der Waals surface area contributed by atoms with Crippen molar-refractivity contribution in [3.8, 4) is 0 Å². The molecule has 0 spiro atoms. The van der Waals surface area contributed by atoms with Gasteiger partial charge in [-0.05, 0) is 69.4 Å². The maximum Gasteiger partial charge on any atom is 0.251 e. The van der Waals surface area contributed by atoms with Gasteiger partial charge < -0.3 is 5.32 Å². The van der Waals surface area contributed by atoms with E-state index in [0.717, 1.165) is 0 Å². The molecule has 1 heterocycles. The van der Waals surface area contributed by atoms with Crippen molar-refractivity contribution in [3.63, 3.8) is 0 Å². The fourth-order valence-corrected chi connectivity index (χ4v) is 8.65. The number of carbonyl (C=O) groups is 1. The van der Waals surface area contributed by atoms with Gasteiger partial charge in [-0.1, -0.05) is 35.9 Å². The summed E-state index contributed by atoms with van der Waals surface area (Å²) in [6, 6.07) is 11.8. The molecule has 0 amide bonds. The van der Waals surface area contributed by atoms with Gasteiger partial charge >= 0.3 is 0 Å². The van der Waals surface area contributed by atoms with E-state index in [2.05, 4.69) is 5.32 Å². The molecule has 40 heavy (non-hydrogen) atoms. The summed E-state index contributed by atoms with van der Waals surface area (Å²) in [6.45, 7) is 3.74. The number of benzene rings is 2. The maximum absolute atomic E-state index is 14.2. The average molecular weight is 594 g/mol. The first-order chi connectivity index (χ1) is 18.7. The Morgan fingerprint density at radius 3 is 2.38 bits per heavy atom. The van der Waals surface area contributed by atoms with Crippen LogP contribution in [0.25, 0.3) is 0 Å². The summed E-state index contributed by atoms with van der Waals surface area (Å²) < 4.78 is 70.0. The molecule has 0 saturated heterocycles. The lowest BCUT2D eigenvalue weighted by molar-refractivity contribution is -0.151. The van der Waals surface area contributed by atoms with Gasteiger partial charge in [0.25, 0.3) is 5.92 Å². The van der Waals surface area contributed by atoms with Gasteiger partial charge in [0.05, 0.1) is 15.5 Å². The Morgan fingerprint density at radius 2 is 1.77 bits per heavy atom. The molecule has 4 fully saturated rings. The number of halogens is 4. The van der Waals surface area contributed by atoms with E-state index >= 15 is 0 Å². The van der Waals surface area contributed by atoms with Gasteiger partial charge in [0, 0.05) is 36.3 Å². The third kappa shape index (κ3) is 4.47. The Labute approximate surface area is 237 Å². The molecule has 2 atom stereocenters. The van der Waals surface area contributed by atoms with E-state index in [1.807, 2.05) is 13.8 Å². The molecule has 1 aliphatic heterocycles. The second kappa shape index (κ2) is 9.03. The molecule has 2 aromatic carbocycles. The summed E-state index contributed by atoms with van der Waals surface area (Å²) in [5.74, 6) is -3.46. The monoisotopic (exact) mass is 593 g/mol. The van der Waals surface area contributed by atoms with Crippen LogP contribution in [0.15, 0.2) is 58.4 Å². The number of Topliss-reactive ketones (excluding diaryl/α,β-unsaturated/α-hetero) is 1. The molecule has 6 nitrogen and oxygen atoms in total. The Hall–Kier alpha value is -2.43. The molecule has 0 radical (unpaired) electrons. The van der Waals surface area contributed by atoms with Gasteiger partial charge in [0.1, 0.15) is 17.7 Å². The highest BCUT2D eigenvalue weighted by Gasteiger charge is 2.75. The topological polar surface area (TPSA) is 78.8 Å². The molecule has 4 saturated carbocycles. The van der Waals surface area contributed by atoms with Gasteiger partial charge in [-0.3, -0.25) is 9.79 Å². The van der Waals surface area contributed by atoms with Gasteiger partial charge in [-0.25, -0.2) is 21.6 Å². The number of aliphatic imine (C=N–C) groups is 1. The van der Waals surface area contributed by atoms with Crippen molar-refractivity contribution < 1.29 is 26.4 Å². The summed E-state index contributed by atoms with van der Waals surface area (Å²) in [5, 5.41) is 3.37. The number of rotatable bonds is 10. The molecule has 1 N–H and O–H groups in total. The number of carbonyl (C=O) groups excluding carboxylic acids is 1. The lowest BCUT2D eigenvalue weighted by Gasteiger charge is -2.73. The largest absolute Gasteiger partial charge is 0.366 e. The van der Waals surface area contributed by atoms with Crippen molar-refractivity contribution in [2.75, 3.05) is 0 Å². The zero-order valence-electron chi connectivity index (χ0n) is 22.3. The van der Waals surface area contributed by atoms with E-state index in [1.165, 1.54) is 16.4 Å². The molecular formula is C29H31ClF3N3O3S. The molecule has 7 rings (SSSR count). The van der Waals surface area contributed by atoms with Crippen molar-refractivity contribution in [1.82, 2.24) is 9.62 Å². The van der Waals surface area contributed by atoms with Crippen LogP contribution in [0.2, 0.25) is 5.02 Å². The second-order valence-electron chi connectivity index (χ2n) is 12.5. The SMILES string of the molecule is CC1(C)NC(C23CC(N(Cc4ccc(Cl)c(F)c4)S(=O)(=O)c4ccccc4)(C2)C3)=N[C@H]1C(=O)CC[C@H]1CC1(F)F. The van der Waals surface area contributed by atoms with Crippen LogP contribution in [0, 0.1) is 17.2 Å². The van der Waals surface area contributed by atoms with Crippen LogP contribution in [-0.2, 0) is 21.4 Å². The van der Waals surface area contributed by atoms with E-state index < -0.39 is 44.8 Å². The van der Waals surface area contributed by atoms with Crippen LogP contribution in [0.1, 0.15) is 57.9 Å². The van der Waals surface area contributed by atoms with E-state index in [1.54, 1.807) is 36.4 Å². The van der Waals surface area contributed by atoms with Gasteiger partial charge in [-0.2, -0.15) is 4.31 Å². The number of ketones is 1. The van der Waals surface area contributed by atoms with Crippen molar-refractivity contribution in [3.05, 3.63) is 64.9 Å². The predicted molar refractivity (Wildman–Crippen MR) is 145 cm³/mol. The van der Waals surface area contributed by atoms with Crippen LogP contribution in [-0.4, -0.2) is 47.4 Å². The first-order valence-corrected chi connectivity index (χ1v) is 15.3. The molecule has 11 heteroatoms. The van der Waals surface area contributed by atoms with Crippen molar-refractivity contribution >= 4 is 33.2 Å². The minimum absolute atomic E-state index is 0.0142. The van der Waals surface area contributed by atoms with E-state index in [0.29, 0.717) is 30.7 Å². The molecule has 0 unspecified atom stereocenters. The van der Waals surface area contributed by atoms with Crippen LogP contribution in [0.3, 0.4) is 0 Å². The second-order valence-corrected chi connectivity index (χ2v) is 14.8. The Morgan fingerprint density at radius 1 is 1.12 bits per heavy atom. The average Bonchev–Trinajstić information content (AvgIpc) is 3.33. The van der Waals surface area contributed by atoms with Crippen molar-refractivity contribution in [2.45, 2.75) is 86.9 Å². The molecule has 2 aromatic rings. The lowest BCUT2D eigenvalue weighted by atomic mass is 9.38. The number of amidine groups is 1. The summed E-state index contributed by atoms with van der Waals surface area (Å²) in [7, 11) is -3.92. The first kappa shape index (κ1) is 27.7. The molecule has 0 aromatic heterocycles. The van der Waals surface area contributed by atoms with E-state index in [4.69, 9.17) is 16.6 Å². The number of hydrogen-bond donors (Lipinski definition) is 1. The standard InChI is InChI=1S/C29H31ClF3N3O3S/c1-26(2)24(23(37)11-9-19-13-29(19,32)33)34-25(35-26)27-15-28(16-27,17-27)36(14-18-8-10-21(30)22(31)12-18)40(38,39)20-6-4-3-5-7-20/h3-8,10,12,19,24H,9,11,13-17H2,1-2H3,(H,34,35)/t19-,24-,27?,28?/m0/s1. The first-order valence-electron chi connectivity index (χ1n) is 13.5. The zero-order chi connectivity index (χ0) is 28.7. The van der Waals surface area contributed by atoms with Gasteiger partial charge in [-0.15, -0.1) is 0 Å².